The topological polar surface area (TPSA) is 32.5 Å². The second-order valence-corrected chi connectivity index (χ2v) is 7.75. The van der Waals surface area contributed by atoms with E-state index in [4.69, 9.17) is 5.73 Å². The number of likely N-dealkylation sites (tertiary alicyclic amines) is 1. The standard InChI is InChI=1S/C18H37N3/c1-4-11-20-12-9-18(15-19,10-13-20)21(14-16(2)3)17-7-5-6-8-17/h16-17H,4-15,19H2,1-3H3. The lowest BCUT2D eigenvalue weighted by Gasteiger charge is -2.51. The van der Waals surface area contributed by atoms with E-state index in [0.29, 0.717) is 0 Å². The third-order valence-corrected chi connectivity index (χ3v) is 5.64. The molecule has 1 saturated heterocycles. The van der Waals surface area contributed by atoms with Crippen LogP contribution in [0.1, 0.15) is 65.7 Å². The Kier molecular flexibility index (Phi) is 6.51. The van der Waals surface area contributed by atoms with Crippen molar-refractivity contribution in [1.82, 2.24) is 9.80 Å². The van der Waals surface area contributed by atoms with E-state index in [0.717, 1.165) is 18.5 Å². The molecule has 1 heterocycles. The minimum absolute atomic E-state index is 0.281. The molecular formula is C18H37N3. The van der Waals surface area contributed by atoms with Gasteiger partial charge in [-0.15, -0.1) is 0 Å². The van der Waals surface area contributed by atoms with Gasteiger partial charge in [-0.2, -0.15) is 0 Å². The monoisotopic (exact) mass is 295 g/mol. The van der Waals surface area contributed by atoms with Gasteiger partial charge in [0.25, 0.3) is 0 Å². The molecule has 3 nitrogen and oxygen atoms in total. The van der Waals surface area contributed by atoms with Crippen LogP contribution in [-0.4, -0.2) is 54.1 Å². The number of rotatable bonds is 7. The molecule has 1 saturated carbocycles. The first-order chi connectivity index (χ1) is 10.1. The van der Waals surface area contributed by atoms with Crippen LogP contribution in [0.2, 0.25) is 0 Å². The molecule has 2 N–H and O–H groups in total. The van der Waals surface area contributed by atoms with Crippen LogP contribution in [0.5, 0.6) is 0 Å². The van der Waals surface area contributed by atoms with Crippen LogP contribution in [0.3, 0.4) is 0 Å². The maximum absolute atomic E-state index is 6.34. The lowest BCUT2D eigenvalue weighted by Crippen LogP contribution is -2.62. The van der Waals surface area contributed by atoms with E-state index < -0.39 is 0 Å². The first-order valence-corrected chi connectivity index (χ1v) is 9.30. The van der Waals surface area contributed by atoms with E-state index in [1.54, 1.807) is 0 Å². The Morgan fingerprint density at radius 1 is 1.19 bits per heavy atom. The number of hydrogen-bond donors (Lipinski definition) is 1. The summed E-state index contributed by atoms with van der Waals surface area (Å²) in [5, 5.41) is 0. The molecule has 2 fully saturated rings. The van der Waals surface area contributed by atoms with Gasteiger partial charge in [-0.3, -0.25) is 4.90 Å². The van der Waals surface area contributed by atoms with Crippen LogP contribution < -0.4 is 5.73 Å². The van der Waals surface area contributed by atoms with Gasteiger partial charge in [-0.05, 0) is 57.7 Å². The zero-order valence-corrected chi connectivity index (χ0v) is 14.6. The highest BCUT2D eigenvalue weighted by Crippen LogP contribution is 2.35. The Bertz CT molecular complexity index is 289. The maximum atomic E-state index is 6.34. The molecule has 1 aliphatic carbocycles. The van der Waals surface area contributed by atoms with E-state index >= 15 is 0 Å². The van der Waals surface area contributed by atoms with Crippen molar-refractivity contribution in [3.63, 3.8) is 0 Å². The Morgan fingerprint density at radius 3 is 2.29 bits per heavy atom. The second-order valence-electron chi connectivity index (χ2n) is 7.75. The summed E-state index contributed by atoms with van der Waals surface area (Å²) in [5.74, 6) is 0.739. The van der Waals surface area contributed by atoms with E-state index in [2.05, 4.69) is 30.6 Å². The van der Waals surface area contributed by atoms with Gasteiger partial charge in [0, 0.05) is 24.7 Å². The zero-order valence-electron chi connectivity index (χ0n) is 14.6. The Labute approximate surface area is 132 Å². The van der Waals surface area contributed by atoms with Crippen LogP contribution in [-0.2, 0) is 0 Å². The van der Waals surface area contributed by atoms with Crippen LogP contribution >= 0.6 is 0 Å². The van der Waals surface area contributed by atoms with Crippen molar-refractivity contribution in [2.24, 2.45) is 11.7 Å². The first-order valence-electron chi connectivity index (χ1n) is 9.30. The third-order valence-electron chi connectivity index (χ3n) is 5.64. The molecule has 2 aliphatic rings. The van der Waals surface area contributed by atoms with E-state index in [9.17, 15) is 0 Å². The molecule has 0 aromatic heterocycles. The van der Waals surface area contributed by atoms with Crippen molar-refractivity contribution < 1.29 is 0 Å². The molecule has 0 bridgehead atoms. The van der Waals surface area contributed by atoms with Gasteiger partial charge in [0.05, 0.1) is 0 Å². The molecule has 0 amide bonds. The highest BCUT2D eigenvalue weighted by Gasteiger charge is 2.42. The average Bonchev–Trinajstić information content (AvgIpc) is 3.00. The smallest absolute Gasteiger partial charge is 0.0359 e. The molecule has 2 rings (SSSR count). The number of nitrogens with zero attached hydrogens (tertiary/aromatic N) is 2. The largest absolute Gasteiger partial charge is 0.329 e. The summed E-state index contributed by atoms with van der Waals surface area (Å²) < 4.78 is 0. The fourth-order valence-corrected chi connectivity index (χ4v) is 4.46. The molecule has 0 aromatic rings. The quantitative estimate of drug-likeness (QED) is 0.783. The van der Waals surface area contributed by atoms with Crippen molar-refractivity contribution in [2.75, 3.05) is 32.7 Å². The number of piperidine rings is 1. The number of nitrogens with two attached hydrogens (primary N) is 1. The van der Waals surface area contributed by atoms with Crippen LogP contribution in [0.15, 0.2) is 0 Å². The second kappa shape index (κ2) is 7.94. The summed E-state index contributed by atoms with van der Waals surface area (Å²) in [6.45, 7) is 12.8. The van der Waals surface area contributed by atoms with E-state index in [1.807, 2.05) is 0 Å². The fourth-order valence-electron chi connectivity index (χ4n) is 4.46. The molecule has 0 spiro atoms. The summed E-state index contributed by atoms with van der Waals surface area (Å²) in [5.41, 5.74) is 6.62. The van der Waals surface area contributed by atoms with Crippen LogP contribution in [0, 0.1) is 5.92 Å². The van der Waals surface area contributed by atoms with E-state index in [1.165, 1.54) is 71.1 Å². The fraction of sp³-hybridized carbons (Fsp3) is 1.00. The number of hydrogen-bond acceptors (Lipinski definition) is 3. The average molecular weight is 296 g/mol. The van der Waals surface area contributed by atoms with Crippen molar-refractivity contribution in [2.45, 2.75) is 77.3 Å². The highest BCUT2D eigenvalue weighted by molar-refractivity contribution is 4.99. The molecule has 0 radical (unpaired) electrons. The van der Waals surface area contributed by atoms with Crippen LogP contribution in [0.25, 0.3) is 0 Å². The Balaban J connectivity index is 2.07. The Hall–Kier alpha value is -0.120. The lowest BCUT2D eigenvalue weighted by atomic mass is 9.83. The summed E-state index contributed by atoms with van der Waals surface area (Å²) in [7, 11) is 0. The lowest BCUT2D eigenvalue weighted by molar-refractivity contribution is -0.00971. The van der Waals surface area contributed by atoms with Gasteiger partial charge in [-0.1, -0.05) is 33.6 Å². The van der Waals surface area contributed by atoms with Gasteiger partial charge < -0.3 is 10.6 Å². The molecule has 124 valence electrons. The summed E-state index contributed by atoms with van der Waals surface area (Å²) in [6, 6.07) is 0.800. The predicted molar refractivity (Wildman–Crippen MR) is 91.6 cm³/mol. The summed E-state index contributed by atoms with van der Waals surface area (Å²) in [4.78, 5) is 5.49. The molecular weight excluding hydrogens is 258 g/mol. The van der Waals surface area contributed by atoms with E-state index in [-0.39, 0.29) is 5.54 Å². The van der Waals surface area contributed by atoms with Crippen molar-refractivity contribution in [3.05, 3.63) is 0 Å². The molecule has 0 aromatic carbocycles. The van der Waals surface area contributed by atoms with Gasteiger partial charge in [0.15, 0.2) is 0 Å². The van der Waals surface area contributed by atoms with Crippen molar-refractivity contribution in [3.8, 4) is 0 Å². The molecule has 3 heteroatoms. The SMILES string of the molecule is CCCN1CCC(CN)(N(CC(C)C)C2CCCC2)CC1. The molecule has 21 heavy (non-hydrogen) atoms. The Morgan fingerprint density at radius 2 is 1.81 bits per heavy atom. The minimum atomic E-state index is 0.281. The first kappa shape index (κ1) is 17.2. The minimum Gasteiger partial charge on any atom is -0.329 e. The predicted octanol–water partition coefficient (Wildman–Crippen LogP) is 3.09. The van der Waals surface area contributed by atoms with Gasteiger partial charge >= 0.3 is 0 Å². The molecule has 0 unspecified atom stereocenters. The van der Waals surface area contributed by atoms with Gasteiger partial charge in [-0.25, -0.2) is 0 Å². The van der Waals surface area contributed by atoms with Crippen molar-refractivity contribution in [1.29, 1.82) is 0 Å². The van der Waals surface area contributed by atoms with Gasteiger partial charge in [0.2, 0.25) is 0 Å². The third kappa shape index (κ3) is 4.20. The van der Waals surface area contributed by atoms with Gasteiger partial charge in [0.1, 0.15) is 0 Å². The summed E-state index contributed by atoms with van der Waals surface area (Å²) in [6.07, 6.45) is 9.44. The highest BCUT2D eigenvalue weighted by atomic mass is 15.3. The zero-order chi connectivity index (χ0) is 15.3. The van der Waals surface area contributed by atoms with Crippen LogP contribution in [0.4, 0.5) is 0 Å². The molecule has 1 aliphatic heterocycles. The maximum Gasteiger partial charge on any atom is 0.0359 e. The molecule has 0 atom stereocenters. The summed E-state index contributed by atoms with van der Waals surface area (Å²) >= 11 is 0. The normalized spacial score (nSPS) is 24.3. The van der Waals surface area contributed by atoms with Crippen molar-refractivity contribution >= 4 is 0 Å².